The van der Waals surface area contributed by atoms with E-state index in [0.717, 1.165) is 10.6 Å². The first-order valence-electron chi connectivity index (χ1n) is 9.22. The number of sulfonamides is 1. The van der Waals surface area contributed by atoms with Crippen LogP contribution in [0.5, 0.6) is 0 Å². The molecule has 0 aliphatic heterocycles. The summed E-state index contributed by atoms with van der Waals surface area (Å²) in [4.78, 5) is 25.8. The number of para-hydroxylation sites is 1. The lowest BCUT2D eigenvalue weighted by atomic mass is 10.1. The molecule has 0 saturated heterocycles. The number of carbonyl (C=O) groups excluding carboxylic acids is 1. The van der Waals surface area contributed by atoms with Gasteiger partial charge >= 0.3 is 0 Å². The van der Waals surface area contributed by atoms with Crippen LogP contribution < -0.4 is 15.2 Å². The molecule has 30 heavy (non-hydrogen) atoms. The van der Waals surface area contributed by atoms with Gasteiger partial charge in [0.15, 0.2) is 0 Å². The molecular weight excluding hydrogens is 404 g/mol. The van der Waals surface area contributed by atoms with Crippen molar-refractivity contribution in [1.82, 2.24) is 9.36 Å². The van der Waals surface area contributed by atoms with Crippen molar-refractivity contribution in [2.75, 3.05) is 22.9 Å². The Kier molecular flexibility index (Phi) is 5.58. The Labute approximate surface area is 175 Å². The maximum Gasteiger partial charge on any atom is 0.295 e. The predicted octanol–water partition coefficient (Wildman–Crippen LogP) is 2.44. The number of rotatable bonds is 5. The van der Waals surface area contributed by atoms with Crippen molar-refractivity contribution in [2.24, 2.45) is 7.05 Å². The fourth-order valence-electron chi connectivity index (χ4n) is 3.23. The Morgan fingerprint density at radius 2 is 1.70 bits per heavy atom. The highest BCUT2D eigenvalue weighted by Gasteiger charge is 2.20. The number of anilines is 2. The van der Waals surface area contributed by atoms with Gasteiger partial charge in [0.1, 0.15) is 5.69 Å². The topological polar surface area (TPSA) is 93.4 Å². The zero-order valence-corrected chi connectivity index (χ0v) is 18.3. The summed E-state index contributed by atoms with van der Waals surface area (Å²) in [5, 5.41) is 2.71. The molecule has 0 atom stereocenters. The lowest BCUT2D eigenvalue weighted by Gasteiger charge is -2.19. The van der Waals surface area contributed by atoms with E-state index in [0.29, 0.717) is 28.2 Å². The SMILES string of the molecule is Cc1cc(C(=O)Nc2c(C)n(C)n(-c3ccccc3)c2=O)ccc1N(C)S(C)(=O)=O. The lowest BCUT2D eigenvalue weighted by Crippen LogP contribution is -2.26. The average Bonchev–Trinajstić information content (AvgIpc) is 2.90. The van der Waals surface area contributed by atoms with E-state index >= 15 is 0 Å². The molecule has 0 unspecified atom stereocenters. The van der Waals surface area contributed by atoms with Crippen LogP contribution in [0.4, 0.5) is 11.4 Å². The number of hydrogen-bond donors (Lipinski definition) is 1. The first-order chi connectivity index (χ1) is 14.0. The first kappa shape index (κ1) is 21.4. The zero-order chi connectivity index (χ0) is 22.2. The summed E-state index contributed by atoms with van der Waals surface area (Å²) in [6.45, 7) is 3.48. The second-order valence-corrected chi connectivity index (χ2v) is 9.14. The van der Waals surface area contributed by atoms with Crippen molar-refractivity contribution in [3.05, 3.63) is 75.7 Å². The molecule has 0 bridgehead atoms. The Bertz CT molecular complexity index is 1270. The van der Waals surface area contributed by atoms with E-state index in [1.54, 1.807) is 37.7 Å². The molecule has 9 heteroatoms. The third kappa shape index (κ3) is 3.88. The summed E-state index contributed by atoms with van der Waals surface area (Å²) in [6.07, 6.45) is 1.11. The van der Waals surface area contributed by atoms with Crippen LogP contribution >= 0.6 is 0 Å². The molecule has 8 nitrogen and oxygen atoms in total. The third-order valence-corrected chi connectivity index (χ3v) is 6.28. The molecule has 0 aliphatic carbocycles. The number of nitrogens with zero attached hydrogens (tertiary/aromatic N) is 3. The highest BCUT2D eigenvalue weighted by atomic mass is 32.2. The normalized spacial score (nSPS) is 11.4. The van der Waals surface area contributed by atoms with E-state index in [2.05, 4.69) is 5.32 Å². The Balaban J connectivity index is 1.94. The minimum absolute atomic E-state index is 0.196. The van der Waals surface area contributed by atoms with Crippen LogP contribution in [0.1, 0.15) is 21.6 Å². The van der Waals surface area contributed by atoms with E-state index in [1.165, 1.54) is 17.8 Å². The summed E-state index contributed by atoms with van der Waals surface area (Å²) in [6, 6.07) is 13.9. The third-order valence-electron chi connectivity index (χ3n) is 5.09. The standard InChI is InChI=1S/C21H24N4O4S/c1-14-13-16(11-12-18(14)24(4)30(5,28)29)20(26)22-19-15(2)23(3)25(21(19)27)17-9-7-6-8-10-17/h6-13H,1-5H3,(H,22,26). The van der Waals surface area contributed by atoms with E-state index in [9.17, 15) is 18.0 Å². The zero-order valence-electron chi connectivity index (χ0n) is 17.5. The largest absolute Gasteiger partial charge is 0.316 e. The van der Waals surface area contributed by atoms with Gasteiger partial charge in [0.25, 0.3) is 11.5 Å². The van der Waals surface area contributed by atoms with Crippen LogP contribution in [-0.4, -0.2) is 37.0 Å². The number of carbonyl (C=O) groups is 1. The predicted molar refractivity (Wildman–Crippen MR) is 118 cm³/mol. The van der Waals surface area contributed by atoms with Crippen LogP contribution in [0, 0.1) is 13.8 Å². The van der Waals surface area contributed by atoms with Crippen molar-refractivity contribution >= 4 is 27.3 Å². The smallest absolute Gasteiger partial charge is 0.295 e. The molecule has 2 aromatic carbocycles. The summed E-state index contributed by atoms with van der Waals surface area (Å²) < 4.78 is 27.9. The number of aryl methyl sites for hydroxylation is 1. The van der Waals surface area contributed by atoms with Crippen LogP contribution in [0.25, 0.3) is 5.69 Å². The van der Waals surface area contributed by atoms with Gasteiger partial charge in [-0.15, -0.1) is 0 Å². The van der Waals surface area contributed by atoms with Gasteiger partial charge < -0.3 is 5.32 Å². The van der Waals surface area contributed by atoms with E-state index < -0.39 is 15.9 Å². The molecule has 3 aromatic rings. The van der Waals surface area contributed by atoms with Gasteiger partial charge in [-0.25, -0.2) is 13.1 Å². The molecule has 0 spiro atoms. The number of amides is 1. The van der Waals surface area contributed by atoms with Gasteiger partial charge in [-0.3, -0.25) is 18.6 Å². The Morgan fingerprint density at radius 3 is 2.27 bits per heavy atom. The van der Waals surface area contributed by atoms with Crippen molar-refractivity contribution in [3.63, 3.8) is 0 Å². The van der Waals surface area contributed by atoms with Crippen LogP contribution in [0.3, 0.4) is 0 Å². The molecule has 1 amide bonds. The van der Waals surface area contributed by atoms with Crippen molar-refractivity contribution in [1.29, 1.82) is 0 Å². The second-order valence-electron chi connectivity index (χ2n) is 7.12. The number of aromatic nitrogens is 2. The van der Waals surface area contributed by atoms with E-state index in [-0.39, 0.29) is 11.2 Å². The lowest BCUT2D eigenvalue weighted by molar-refractivity contribution is 0.102. The highest BCUT2D eigenvalue weighted by Crippen LogP contribution is 2.23. The molecule has 1 heterocycles. The molecule has 0 aliphatic rings. The summed E-state index contributed by atoms with van der Waals surface area (Å²) in [7, 11) is -0.209. The summed E-state index contributed by atoms with van der Waals surface area (Å²) >= 11 is 0. The van der Waals surface area contributed by atoms with Gasteiger partial charge in [-0.1, -0.05) is 18.2 Å². The highest BCUT2D eigenvalue weighted by molar-refractivity contribution is 7.92. The molecule has 3 rings (SSSR count). The maximum absolute atomic E-state index is 13.0. The van der Waals surface area contributed by atoms with Gasteiger partial charge in [-0.05, 0) is 49.7 Å². The molecule has 1 aromatic heterocycles. The number of nitrogens with one attached hydrogen (secondary N) is 1. The van der Waals surface area contributed by atoms with Crippen molar-refractivity contribution in [2.45, 2.75) is 13.8 Å². The molecule has 0 radical (unpaired) electrons. The monoisotopic (exact) mass is 428 g/mol. The quantitative estimate of drug-likeness (QED) is 0.675. The molecule has 158 valence electrons. The van der Waals surface area contributed by atoms with Gasteiger partial charge in [-0.2, -0.15) is 0 Å². The maximum atomic E-state index is 13.0. The minimum Gasteiger partial charge on any atom is -0.316 e. The van der Waals surface area contributed by atoms with Crippen LogP contribution in [0.2, 0.25) is 0 Å². The van der Waals surface area contributed by atoms with E-state index in [1.807, 2.05) is 30.3 Å². The van der Waals surface area contributed by atoms with Gasteiger partial charge in [0, 0.05) is 19.7 Å². The second kappa shape index (κ2) is 7.83. The Morgan fingerprint density at radius 1 is 1.07 bits per heavy atom. The average molecular weight is 429 g/mol. The first-order valence-corrected chi connectivity index (χ1v) is 11.1. The summed E-state index contributed by atoms with van der Waals surface area (Å²) in [5.41, 5.74) is 2.60. The van der Waals surface area contributed by atoms with Crippen molar-refractivity contribution < 1.29 is 13.2 Å². The van der Waals surface area contributed by atoms with Crippen LogP contribution in [-0.2, 0) is 17.1 Å². The summed E-state index contributed by atoms with van der Waals surface area (Å²) in [5.74, 6) is -0.447. The molecular formula is C21H24N4O4S. The number of benzene rings is 2. The molecule has 0 fully saturated rings. The van der Waals surface area contributed by atoms with E-state index in [4.69, 9.17) is 0 Å². The fraction of sp³-hybridized carbons (Fsp3) is 0.238. The van der Waals surface area contributed by atoms with Gasteiger partial charge in [0.05, 0.1) is 23.3 Å². The molecule has 1 N–H and O–H groups in total. The van der Waals surface area contributed by atoms with Crippen LogP contribution in [0.15, 0.2) is 53.3 Å². The number of hydrogen-bond acceptors (Lipinski definition) is 4. The minimum atomic E-state index is -3.41. The fourth-order valence-corrected chi connectivity index (χ4v) is 3.79. The van der Waals surface area contributed by atoms with Gasteiger partial charge in [0.2, 0.25) is 10.0 Å². The Hall–Kier alpha value is -3.33. The molecule has 0 saturated carbocycles. The van der Waals surface area contributed by atoms with Crippen molar-refractivity contribution in [3.8, 4) is 5.69 Å².